The first-order valence-electron chi connectivity index (χ1n) is 6.74. The van der Waals surface area contributed by atoms with E-state index in [0.717, 1.165) is 42.1 Å². The first-order chi connectivity index (χ1) is 9.75. The van der Waals surface area contributed by atoms with Crippen LogP contribution >= 0.6 is 11.5 Å². The van der Waals surface area contributed by atoms with E-state index in [1.807, 2.05) is 12.1 Å². The summed E-state index contributed by atoms with van der Waals surface area (Å²) in [5, 5.41) is 1.09. The monoisotopic (exact) mass is 290 g/mol. The van der Waals surface area contributed by atoms with Gasteiger partial charge in [0.1, 0.15) is 10.8 Å². The van der Waals surface area contributed by atoms with Crippen molar-refractivity contribution in [2.75, 3.05) is 30.8 Å². The lowest BCUT2D eigenvalue weighted by molar-refractivity contribution is 0.116. The Balaban J connectivity index is 1.86. The highest BCUT2D eigenvalue weighted by atomic mass is 32.1. The molecule has 0 amide bonds. The quantitative estimate of drug-likeness (QED) is 0.936. The highest BCUT2D eigenvalue weighted by molar-refractivity contribution is 7.11. The van der Waals surface area contributed by atoms with E-state index in [2.05, 4.69) is 21.3 Å². The molecule has 6 heteroatoms. The van der Waals surface area contributed by atoms with Gasteiger partial charge in [-0.25, -0.2) is 0 Å². The topological polar surface area (TPSA) is 64.3 Å². The van der Waals surface area contributed by atoms with E-state index in [4.69, 9.17) is 10.5 Å². The predicted octanol–water partition coefficient (Wildman–Crippen LogP) is 2.40. The number of hydrogen-bond donors (Lipinski definition) is 1. The third kappa shape index (κ3) is 2.62. The van der Waals surface area contributed by atoms with E-state index in [1.165, 1.54) is 11.5 Å². The number of pyridine rings is 1. The molecule has 1 saturated heterocycles. The molecule has 1 unspecified atom stereocenters. The molecule has 1 fully saturated rings. The second kappa shape index (κ2) is 5.76. The van der Waals surface area contributed by atoms with Gasteiger partial charge in [0.15, 0.2) is 0 Å². The maximum absolute atomic E-state index is 6.04. The third-order valence-corrected chi connectivity index (χ3v) is 4.49. The van der Waals surface area contributed by atoms with Crippen molar-refractivity contribution < 1.29 is 4.74 Å². The van der Waals surface area contributed by atoms with Crippen LogP contribution in [0.3, 0.4) is 0 Å². The molecule has 1 aliphatic rings. The van der Waals surface area contributed by atoms with Crippen LogP contribution in [0, 0.1) is 0 Å². The maximum atomic E-state index is 6.04. The average molecular weight is 290 g/mol. The zero-order chi connectivity index (χ0) is 13.9. The minimum atomic E-state index is 0.314. The second-order valence-electron chi connectivity index (χ2n) is 5.00. The normalized spacial score (nSPS) is 18.4. The van der Waals surface area contributed by atoms with Gasteiger partial charge >= 0.3 is 0 Å². The van der Waals surface area contributed by atoms with Gasteiger partial charge in [-0.05, 0) is 42.1 Å². The molecule has 0 saturated carbocycles. The molecule has 106 valence electrons. The van der Waals surface area contributed by atoms with Gasteiger partial charge in [0.25, 0.3) is 0 Å². The van der Waals surface area contributed by atoms with Crippen molar-refractivity contribution in [3.63, 3.8) is 0 Å². The van der Waals surface area contributed by atoms with Gasteiger partial charge in [0.05, 0.1) is 11.7 Å². The summed E-state index contributed by atoms with van der Waals surface area (Å²) in [4.78, 5) is 6.25. The Morgan fingerprint density at radius 1 is 1.45 bits per heavy atom. The summed E-state index contributed by atoms with van der Waals surface area (Å²) in [7, 11) is 2.07. The number of nitrogens with two attached hydrogens (primary N) is 1. The molecule has 5 nitrogen and oxygen atoms in total. The van der Waals surface area contributed by atoms with Crippen LogP contribution in [0.4, 0.5) is 10.8 Å². The summed E-state index contributed by atoms with van der Waals surface area (Å²) < 4.78 is 10.0. The third-order valence-electron chi connectivity index (χ3n) is 3.52. The number of anilines is 2. The molecule has 3 heterocycles. The van der Waals surface area contributed by atoms with Crippen molar-refractivity contribution in [3.05, 3.63) is 24.5 Å². The fourth-order valence-corrected chi connectivity index (χ4v) is 3.32. The Bertz CT molecular complexity index is 566. The average Bonchev–Trinajstić information content (AvgIpc) is 3.09. The molecule has 2 N–H and O–H groups in total. The largest absolute Gasteiger partial charge is 0.382 e. The number of likely N-dealkylation sites (N-methyl/N-ethyl adjacent to an activating group) is 1. The zero-order valence-electron chi connectivity index (χ0n) is 11.5. The summed E-state index contributed by atoms with van der Waals surface area (Å²) in [6.45, 7) is 1.75. The minimum Gasteiger partial charge on any atom is -0.382 e. The van der Waals surface area contributed by atoms with E-state index in [1.54, 1.807) is 12.4 Å². The van der Waals surface area contributed by atoms with Gasteiger partial charge in [-0.2, -0.15) is 4.37 Å². The predicted molar refractivity (Wildman–Crippen MR) is 82.0 cm³/mol. The molecule has 0 bridgehead atoms. The lowest BCUT2D eigenvalue weighted by Crippen LogP contribution is -2.28. The molecule has 0 radical (unpaired) electrons. The van der Waals surface area contributed by atoms with Gasteiger partial charge in [0, 0.05) is 32.6 Å². The van der Waals surface area contributed by atoms with Crippen LogP contribution in [0.15, 0.2) is 24.5 Å². The molecular weight excluding hydrogens is 272 g/mol. The number of ether oxygens (including phenoxy) is 1. The SMILES string of the molecule is CN(CC1CCCO1)c1snc(N)c1-c1ccncc1. The molecule has 0 spiro atoms. The molecule has 20 heavy (non-hydrogen) atoms. The Hall–Kier alpha value is -1.66. The summed E-state index contributed by atoms with van der Waals surface area (Å²) in [5.41, 5.74) is 8.09. The van der Waals surface area contributed by atoms with Crippen LogP contribution in [0.25, 0.3) is 11.1 Å². The van der Waals surface area contributed by atoms with E-state index >= 15 is 0 Å². The van der Waals surface area contributed by atoms with Gasteiger partial charge in [-0.15, -0.1) is 0 Å². The summed E-state index contributed by atoms with van der Waals surface area (Å²) in [6, 6.07) is 3.92. The van der Waals surface area contributed by atoms with Crippen LogP contribution in [0.2, 0.25) is 0 Å². The van der Waals surface area contributed by atoms with Crippen molar-refractivity contribution in [2.24, 2.45) is 0 Å². The smallest absolute Gasteiger partial charge is 0.147 e. The molecule has 0 aliphatic carbocycles. The maximum Gasteiger partial charge on any atom is 0.147 e. The number of hydrogen-bond acceptors (Lipinski definition) is 6. The Labute approximate surface area is 122 Å². The van der Waals surface area contributed by atoms with E-state index in [-0.39, 0.29) is 0 Å². The molecule has 1 atom stereocenters. The van der Waals surface area contributed by atoms with Crippen molar-refractivity contribution >= 4 is 22.4 Å². The van der Waals surface area contributed by atoms with Crippen molar-refractivity contribution in [1.82, 2.24) is 9.36 Å². The molecule has 2 aromatic rings. The van der Waals surface area contributed by atoms with Crippen LogP contribution < -0.4 is 10.6 Å². The lowest BCUT2D eigenvalue weighted by atomic mass is 10.1. The fraction of sp³-hybridized carbons (Fsp3) is 0.429. The van der Waals surface area contributed by atoms with Crippen molar-refractivity contribution in [2.45, 2.75) is 18.9 Å². The van der Waals surface area contributed by atoms with Gasteiger partial charge in [-0.3, -0.25) is 4.98 Å². The standard InChI is InChI=1S/C14H18N4OS/c1-18(9-11-3-2-8-19-11)14-12(13(15)17-20-14)10-4-6-16-7-5-10/h4-7,11H,2-3,8-9H2,1H3,(H2,15,17). The molecular formula is C14H18N4OS. The molecule has 0 aromatic carbocycles. The lowest BCUT2D eigenvalue weighted by Gasteiger charge is -2.22. The minimum absolute atomic E-state index is 0.314. The second-order valence-corrected chi connectivity index (χ2v) is 5.75. The molecule has 1 aliphatic heterocycles. The van der Waals surface area contributed by atoms with Crippen molar-refractivity contribution in [3.8, 4) is 11.1 Å². The molecule has 2 aromatic heterocycles. The van der Waals surface area contributed by atoms with Gasteiger partial charge in [-0.1, -0.05) is 0 Å². The van der Waals surface area contributed by atoms with Crippen LogP contribution in [0.1, 0.15) is 12.8 Å². The Morgan fingerprint density at radius 2 is 2.25 bits per heavy atom. The molecule has 3 rings (SSSR count). The van der Waals surface area contributed by atoms with Crippen LogP contribution in [-0.2, 0) is 4.74 Å². The summed E-state index contributed by atoms with van der Waals surface area (Å²) >= 11 is 1.44. The Morgan fingerprint density at radius 3 is 2.95 bits per heavy atom. The zero-order valence-corrected chi connectivity index (χ0v) is 12.3. The van der Waals surface area contributed by atoms with E-state index < -0.39 is 0 Å². The summed E-state index contributed by atoms with van der Waals surface area (Å²) in [5.74, 6) is 0.579. The fourth-order valence-electron chi connectivity index (χ4n) is 2.52. The van der Waals surface area contributed by atoms with Gasteiger partial charge < -0.3 is 15.4 Å². The summed E-state index contributed by atoms with van der Waals surface area (Å²) in [6.07, 6.45) is 6.14. The van der Waals surface area contributed by atoms with Crippen LogP contribution in [-0.4, -0.2) is 35.7 Å². The van der Waals surface area contributed by atoms with Gasteiger partial charge in [0.2, 0.25) is 0 Å². The number of aromatic nitrogens is 2. The van der Waals surface area contributed by atoms with E-state index in [9.17, 15) is 0 Å². The Kier molecular flexibility index (Phi) is 3.84. The first kappa shape index (κ1) is 13.3. The highest BCUT2D eigenvalue weighted by Crippen LogP contribution is 2.38. The number of rotatable bonds is 4. The number of nitrogens with zero attached hydrogens (tertiary/aromatic N) is 3. The number of nitrogen functional groups attached to an aromatic ring is 1. The van der Waals surface area contributed by atoms with E-state index in [0.29, 0.717) is 11.9 Å². The van der Waals surface area contributed by atoms with Crippen LogP contribution in [0.5, 0.6) is 0 Å². The highest BCUT2D eigenvalue weighted by Gasteiger charge is 2.22. The first-order valence-corrected chi connectivity index (χ1v) is 7.51. The van der Waals surface area contributed by atoms with Crippen molar-refractivity contribution in [1.29, 1.82) is 0 Å².